The van der Waals surface area contributed by atoms with Crippen molar-refractivity contribution in [1.29, 1.82) is 0 Å². The predicted octanol–water partition coefficient (Wildman–Crippen LogP) is 1.84. The monoisotopic (exact) mass is 311 g/mol. The number of aromatic nitrogens is 3. The molecule has 0 bridgehead atoms. The number of nitrogens with one attached hydrogen (secondary N) is 1. The first-order valence-electron chi connectivity index (χ1n) is 7.90. The van der Waals surface area contributed by atoms with E-state index in [0.29, 0.717) is 6.54 Å². The van der Waals surface area contributed by atoms with E-state index in [9.17, 15) is 4.79 Å². The molecule has 1 fully saturated rings. The van der Waals surface area contributed by atoms with E-state index in [1.165, 1.54) is 12.5 Å². The van der Waals surface area contributed by atoms with Crippen molar-refractivity contribution in [3.05, 3.63) is 53.9 Å². The van der Waals surface area contributed by atoms with Gasteiger partial charge in [-0.2, -0.15) is 0 Å². The highest BCUT2D eigenvalue weighted by molar-refractivity contribution is 5.72. The molecule has 23 heavy (non-hydrogen) atoms. The molecule has 6 nitrogen and oxygen atoms in total. The second-order valence-electron chi connectivity index (χ2n) is 5.83. The minimum absolute atomic E-state index is 0.0590. The van der Waals surface area contributed by atoms with Crippen LogP contribution in [-0.4, -0.2) is 32.3 Å². The molecule has 1 aliphatic heterocycles. The fourth-order valence-corrected chi connectivity index (χ4v) is 2.96. The largest absolute Gasteiger partial charge is 0.351 e. The summed E-state index contributed by atoms with van der Waals surface area (Å²) in [6.45, 7) is 3.85. The van der Waals surface area contributed by atoms with Gasteiger partial charge < -0.3 is 5.32 Å². The molecule has 0 aliphatic carbocycles. The summed E-state index contributed by atoms with van der Waals surface area (Å²) in [5.74, 6) is -0.0590. The maximum atomic E-state index is 11.0. The third-order valence-electron chi connectivity index (χ3n) is 4.04. The standard InChI is InChI=1S/C17H21N5O/c1-13(23)20-10-15-9-19-11-16(21-15)17-5-3-7-22(17)12-14-4-2-6-18-8-14/h2,4,6,8-9,11,17H,3,5,7,10,12H2,1H3,(H,20,23). The van der Waals surface area contributed by atoms with Crippen molar-refractivity contribution in [2.45, 2.75) is 38.9 Å². The summed E-state index contributed by atoms with van der Waals surface area (Å²) < 4.78 is 0. The van der Waals surface area contributed by atoms with Crippen molar-refractivity contribution in [2.24, 2.45) is 0 Å². The van der Waals surface area contributed by atoms with Gasteiger partial charge in [0, 0.05) is 25.9 Å². The molecule has 120 valence electrons. The van der Waals surface area contributed by atoms with Gasteiger partial charge in [-0.3, -0.25) is 24.6 Å². The lowest BCUT2D eigenvalue weighted by Crippen LogP contribution is -2.25. The molecule has 1 aliphatic rings. The summed E-state index contributed by atoms with van der Waals surface area (Å²) in [5.41, 5.74) is 2.99. The molecule has 1 unspecified atom stereocenters. The molecular weight excluding hydrogens is 290 g/mol. The maximum absolute atomic E-state index is 11.0. The first kappa shape index (κ1) is 15.6. The van der Waals surface area contributed by atoms with Crippen LogP contribution in [0.4, 0.5) is 0 Å². The van der Waals surface area contributed by atoms with Gasteiger partial charge in [0.2, 0.25) is 5.91 Å². The van der Waals surface area contributed by atoms with Crippen molar-refractivity contribution < 1.29 is 4.79 Å². The van der Waals surface area contributed by atoms with Crippen molar-refractivity contribution in [3.63, 3.8) is 0 Å². The number of likely N-dealkylation sites (tertiary alicyclic amines) is 1. The Morgan fingerprint density at radius 3 is 3.04 bits per heavy atom. The number of pyridine rings is 1. The quantitative estimate of drug-likeness (QED) is 0.912. The second-order valence-corrected chi connectivity index (χ2v) is 5.83. The summed E-state index contributed by atoms with van der Waals surface area (Å²) in [5, 5.41) is 2.77. The van der Waals surface area contributed by atoms with E-state index < -0.39 is 0 Å². The Bertz CT molecular complexity index is 661. The summed E-state index contributed by atoms with van der Waals surface area (Å²) in [7, 11) is 0. The van der Waals surface area contributed by atoms with E-state index in [2.05, 4.69) is 31.2 Å². The van der Waals surface area contributed by atoms with E-state index >= 15 is 0 Å². The highest BCUT2D eigenvalue weighted by Gasteiger charge is 2.27. The van der Waals surface area contributed by atoms with Crippen LogP contribution in [0.15, 0.2) is 36.9 Å². The Hall–Kier alpha value is -2.34. The van der Waals surface area contributed by atoms with E-state index in [1.54, 1.807) is 12.4 Å². The second kappa shape index (κ2) is 7.28. The molecule has 1 atom stereocenters. The van der Waals surface area contributed by atoms with Crippen molar-refractivity contribution in [1.82, 2.24) is 25.2 Å². The van der Waals surface area contributed by atoms with Crippen molar-refractivity contribution in [2.75, 3.05) is 6.54 Å². The SMILES string of the molecule is CC(=O)NCc1cncc(C2CCCN2Cc2cccnc2)n1. The molecule has 1 N–H and O–H groups in total. The smallest absolute Gasteiger partial charge is 0.217 e. The number of rotatable bonds is 5. The zero-order valence-electron chi connectivity index (χ0n) is 13.3. The molecule has 0 aromatic carbocycles. The van der Waals surface area contributed by atoms with Gasteiger partial charge in [-0.25, -0.2) is 0 Å². The van der Waals surface area contributed by atoms with Gasteiger partial charge in [-0.15, -0.1) is 0 Å². The molecule has 1 amide bonds. The van der Waals surface area contributed by atoms with Crippen LogP contribution in [0.25, 0.3) is 0 Å². The van der Waals surface area contributed by atoms with Crippen LogP contribution in [0, 0.1) is 0 Å². The lowest BCUT2D eigenvalue weighted by atomic mass is 10.1. The molecule has 0 saturated carbocycles. The van der Waals surface area contributed by atoms with Crippen LogP contribution in [0.2, 0.25) is 0 Å². The summed E-state index contributed by atoms with van der Waals surface area (Å²) in [6, 6.07) is 4.34. The Balaban J connectivity index is 1.72. The van der Waals surface area contributed by atoms with Crippen LogP contribution in [0.5, 0.6) is 0 Å². The molecule has 3 heterocycles. The van der Waals surface area contributed by atoms with Crippen LogP contribution in [-0.2, 0) is 17.9 Å². The van der Waals surface area contributed by atoms with Crippen molar-refractivity contribution >= 4 is 5.91 Å². The minimum Gasteiger partial charge on any atom is -0.351 e. The average Bonchev–Trinajstić information content (AvgIpc) is 3.02. The van der Waals surface area contributed by atoms with Crippen LogP contribution in [0.1, 0.15) is 42.8 Å². The highest BCUT2D eigenvalue weighted by Crippen LogP contribution is 2.31. The molecule has 0 spiro atoms. The van der Waals surface area contributed by atoms with E-state index in [4.69, 9.17) is 0 Å². The van der Waals surface area contributed by atoms with E-state index in [1.807, 2.05) is 18.5 Å². The highest BCUT2D eigenvalue weighted by atomic mass is 16.1. The first-order valence-corrected chi connectivity index (χ1v) is 7.90. The third-order valence-corrected chi connectivity index (χ3v) is 4.04. The lowest BCUT2D eigenvalue weighted by Gasteiger charge is -2.24. The first-order chi connectivity index (χ1) is 11.2. The van der Waals surface area contributed by atoms with Crippen LogP contribution >= 0.6 is 0 Å². The number of hydrogen-bond donors (Lipinski definition) is 1. The summed E-state index contributed by atoms with van der Waals surface area (Å²) >= 11 is 0. The molecule has 2 aromatic rings. The Morgan fingerprint density at radius 1 is 1.35 bits per heavy atom. The fourth-order valence-electron chi connectivity index (χ4n) is 2.96. The molecule has 2 aromatic heterocycles. The van der Waals surface area contributed by atoms with Crippen molar-refractivity contribution in [3.8, 4) is 0 Å². The topological polar surface area (TPSA) is 71.0 Å². The molecule has 1 saturated heterocycles. The fraction of sp³-hybridized carbons (Fsp3) is 0.412. The van der Waals surface area contributed by atoms with Gasteiger partial charge >= 0.3 is 0 Å². The zero-order valence-corrected chi connectivity index (χ0v) is 13.3. The Labute approximate surface area is 136 Å². The van der Waals surface area contributed by atoms with Crippen LogP contribution < -0.4 is 5.32 Å². The minimum atomic E-state index is -0.0590. The van der Waals surface area contributed by atoms with Crippen LogP contribution in [0.3, 0.4) is 0 Å². The Morgan fingerprint density at radius 2 is 2.26 bits per heavy atom. The lowest BCUT2D eigenvalue weighted by molar-refractivity contribution is -0.119. The summed E-state index contributed by atoms with van der Waals surface area (Å²) in [4.78, 5) is 26.6. The Kier molecular flexibility index (Phi) is 4.92. The van der Waals surface area contributed by atoms with Gasteiger partial charge in [0.1, 0.15) is 0 Å². The molecule has 6 heteroatoms. The number of amides is 1. The summed E-state index contributed by atoms with van der Waals surface area (Å²) in [6.07, 6.45) is 9.49. The average molecular weight is 311 g/mol. The molecule has 0 radical (unpaired) electrons. The number of nitrogens with zero attached hydrogens (tertiary/aromatic N) is 4. The number of hydrogen-bond acceptors (Lipinski definition) is 5. The molecule has 3 rings (SSSR count). The van der Waals surface area contributed by atoms with E-state index in [-0.39, 0.29) is 11.9 Å². The zero-order chi connectivity index (χ0) is 16.1. The van der Waals surface area contributed by atoms with Gasteiger partial charge in [0.15, 0.2) is 0 Å². The van der Waals surface area contributed by atoms with Gasteiger partial charge in [0.25, 0.3) is 0 Å². The normalized spacial score (nSPS) is 18.0. The van der Waals surface area contributed by atoms with Gasteiger partial charge in [-0.1, -0.05) is 6.07 Å². The molecular formula is C17H21N5O. The van der Waals surface area contributed by atoms with Gasteiger partial charge in [0.05, 0.1) is 36.4 Å². The predicted molar refractivity (Wildman–Crippen MR) is 86.2 cm³/mol. The van der Waals surface area contributed by atoms with E-state index in [0.717, 1.165) is 37.3 Å². The number of carbonyl (C=O) groups excluding carboxylic acids is 1. The maximum Gasteiger partial charge on any atom is 0.217 e. The number of carbonyl (C=O) groups is 1. The third kappa shape index (κ3) is 4.10. The van der Waals surface area contributed by atoms with Gasteiger partial charge in [-0.05, 0) is 31.0 Å².